The minimum Gasteiger partial charge on any atom is -0.396 e. The molecule has 0 bridgehead atoms. The molecule has 0 aromatic heterocycles. The van der Waals surface area contributed by atoms with Gasteiger partial charge in [-0.2, -0.15) is 5.26 Å². The first-order valence-corrected chi connectivity index (χ1v) is 5.63. The molecule has 0 radical (unpaired) electrons. The third-order valence-corrected chi connectivity index (χ3v) is 3.00. The summed E-state index contributed by atoms with van der Waals surface area (Å²) in [4.78, 5) is 13.3. The van der Waals surface area contributed by atoms with Crippen molar-refractivity contribution in [2.45, 2.75) is 6.42 Å². The minimum atomic E-state index is -0.0461. The lowest BCUT2D eigenvalue weighted by molar-refractivity contribution is -0.117. The van der Waals surface area contributed by atoms with Crippen LogP contribution in [0.1, 0.15) is 12.0 Å². The van der Waals surface area contributed by atoms with Crippen LogP contribution in [0.4, 0.5) is 5.69 Å². The predicted octanol–water partition coefficient (Wildman–Crippen LogP) is 1.56. The van der Waals surface area contributed by atoms with Crippen LogP contribution in [0.25, 0.3) is 0 Å². The maximum atomic E-state index is 11.7. The molecule has 1 heterocycles. The van der Waals surface area contributed by atoms with Gasteiger partial charge in [0.1, 0.15) is 0 Å². The highest BCUT2D eigenvalue weighted by atomic mass is 35.5. The summed E-state index contributed by atoms with van der Waals surface area (Å²) in [6, 6.07) is 6.83. The molecule has 88 valence electrons. The van der Waals surface area contributed by atoms with Gasteiger partial charge in [-0.15, -0.1) is 0 Å². The molecule has 1 aliphatic heterocycles. The van der Waals surface area contributed by atoms with Gasteiger partial charge in [-0.3, -0.25) is 4.79 Å². The Balaban J connectivity index is 2.32. The molecule has 17 heavy (non-hydrogen) atoms. The van der Waals surface area contributed by atoms with E-state index >= 15 is 0 Å². The predicted molar refractivity (Wildman–Crippen MR) is 63.7 cm³/mol. The Labute approximate surface area is 104 Å². The Hall–Kier alpha value is -1.57. The van der Waals surface area contributed by atoms with Crippen LogP contribution in [0, 0.1) is 17.2 Å². The summed E-state index contributed by atoms with van der Waals surface area (Å²) in [5.41, 5.74) is 1.04. The van der Waals surface area contributed by atoms with Gasteiger partial charge < -0.3 is 10.0 Å². The molecule has 1 amide bonds. The molecular weight excluding hydrogens is 240 g/mol. The fraction of sp³-hybridized carbons (Fsp3) is 0.333. The number of amides is 1. The molecule has 1 N–H and O–H groups in total. The van der Waals surface area contributed by atoms with Crippen LogP contribution in [0.3, 0.4) is 0 Å². The summed E-state index contributed by atoms with van der Waals surface area (Å²) in [6.45, 7) is 0.467. The Morgan fingerprint density at radius 3 is 2.88 bits per heavy atom. The molecule has 1 atom stereocenters. The molecule has 2 rings (SSSR count). The van der Waals surface area contributed by atoms with Gasteiger partial charge in [-0.1, -0.05) is 11.6 Å². The molecule has 1 saturated heterocycles. The molecule has 1 fully saturated rings. The van der Waals surface area contributed by atoms with Crippen molar-refractivity contribution in [3.63, 3.8) is 0 Å². The van der Waals surface area contributed by atoms with E-state index in [4.69, 9.17) is 22.0 Å². The summed E-state index contributed by atoms with van der Waals surface area (Å²) >= 11 is 5.89. The second kappa shape index (κ2) is 4.74. The topological polar surface area (TPSA) is 64.3 Å². The Bertz CT molecular complexity index is 496. The summed E-state index contributed by atoms with van der Waals surface area (Å²) in [7, 11) is 0. The largest absolute Gasteiger partial charge is 0.396 e. The highest BCUT2D eigenvalue weighted by Gasteiger charge is 2.30. The molecule has 4 nitrogen and oxygen atoms in total. The Morgan fingerprint density at radius 2 is 2.29 bits per heavy atom. The summed E-state index contributed by atoms with van der Waals surface area (Å²) in [6.07, 6.45) is 0.338. The van der Waals surface area contributed by atoms with E-state index in [0.29, 0.717) is 29.2 Å². The Morgan fingerprint density at radius 1 is 1.53 bits per heavy atom. The van der Waals surface area contributed by atoms with Gasteiger partial charge in [0, 0.05) is 36.2 Å². The number of nitriles is 1. The highest BCUT2D eigenvalue weighted by Crippen LogP contribution is 2.28. The molecule has 5 heteroatoms. The van der Waals surface area contributed by atoms with E-state index in [1.54, 1.807) is 23.1 Å². The molecule has 0 spiro atoms. The van der Waals surface area contributed by atoms with Crippen molar-refractivity contribution in [2.75, 3.05) is 18.1 Å². The minimum absolute atomic E-state index is 0.00604. The normalized spacial score (nSPS) is 19.5. The maximum Gasteiger partial charge on any atom is 0.227 e. The molecule has 0 saturated carbocycles. The van der Waals surface area contributed by atoms with Gasteiger partial charge >= 0.3 is 0 Å². The number of aliphatic hydroxyl groups excluding tert-OH is 1. The zero-order valence-electron chi connectivity index (χ0n) is 9.06. The van der Waals surface area contributed by atoms with Crippen LogP contribution in [0.2, 0.25) is 5.02 Å². The third kappa shape index (κ3) is 2.41. The number of nitrogens with zero attached hydrogens (tertiary/aromatic N) is 2. The van der Waals surface area contributed by atoms with E-state index in [1.165, 1.54) is 0 Å². The number of rotatable bonds is 2. The molecule has 1 aliphatic rings. The van der Waals surface area contributed by atoms with E-state index in [0.717, 1.165) is 0 Å². The van der Waals surface area contributed by atoms with E-state index in [1.807, 2.05) is 6.07 Å². The maximum absolute atomic E-state index is 11.7. The van der Waals surface area contributed by atoms with Crippen LogP contribution < -0.4 is 4.90 Å². The first-order valence-electron chi connectivity index (χ1n) is 5.26. The van der Waals surface area contributed by atoms with Gasteiger partial charge in [0.25, 0.3) is 0 Å². The summed E-state index contributed by atoms with van der Waals surface area (Å²) in [5.74, 6) is -0.0813. The summed E-state index contributed by atoms with van der Waals surface area (Å²) in [5, 5.41) is 18.3. The van der Waals surface area contributed by atoms with Gasteiger partial charge in [0.05, 0.1) is 11.6 Å². The van der Waals surface area contributed by atoms with E-state index in [2.05, 4.69) is 0 Å². The fourth-order valence-corrected chi connectivity index (χ4v) is 2.18. The highest BCUT2D eigenvalue weighted by molar-refractivity contribution is 6.31. The van der Waals surface area contributed by atoms with Crippen LogP contribution in [-0.4, -0.2) is 24.2 Å². The van der Waals surface area contributed by atoms with Crippen molar-refractivity contribution in [2.24, 2.45) is 5.92 Å². The number of hydrogen-bond donors (Lipinski definition) is 1. The lowest BCUT2D eigenvalue weighted by Crippen LogP contribution is -2.24. The van der Waals surface area contributed by atoms with Crippen molar-refractivity contribution >= 4 is 23.2 Å². The van der Waals surface area contributed by atoms with Crippen LogP contribution >= 0.6 is 11.6 Å². The van der Waals surface area contributed by atoms with Gasteiger partial charge in [0.15, 0.2) is 0 Å². The van der Waals surface area contributed by atoms with Gasteiger partial charge in [0.2, 0.25) is 5.91 Å². The van der Waals surface area contributed by atoms with Crippen molar-refractivity contribution < 1.29 is 9.90 Å². The standard InChI is InChI=1S/C12H11ClN2O2/c13-10-1-8(5-14)2-11(4-10)15-6-9(7-16)3-12(15)17/h1-2,4,9,16H,3,6-7H2. The van der Waals surface area contributed by atoms with Gasteiger partial charge in [-0.25, -0.2) is 0 Å². The van der Waals surface area contributed by atoms with Crippen molar-refractivity contribution in [1.82, 2.24) is 0 Å². The molecule has 0 aliphatic carbocycles. The summed E-state index contributed by atoms with van der Waals surface area (Å²) < 4.78 is 0. The molecule has 1 unspecified atom stereocenters. The SMILES string of the molecule is N#Cc1cc(Cl)cc(N2CC(CO)CC2=O)c1. The zero-order valence-corrected chi connectivity index (χ0v) is 9.81. The van der Waals surface area contributed by atoms with Crippen LogP contribution in [-0.2, 0) is 4.79 Å². The van der Waals surface area contributed by atoms with E-state index in [9.17, 15) is 4.79 Å². The van der Waals surface area contributed by atoms with Crippen molar-refractivity contribution in [3.05, 3.63) is 28.8 Å². The second-order valence-electron chi connectivity index (χ2n) is 4.07. The fourth-order valence-electron chi connectivity index (χ4n) is 1.95. The van der Waals surface area contributed by atoms with Crippen LogP contribution in [0.15, 0.2) is 18.2 Å². The van der Waals surface area contributed by atoms with Crippen LogP contribution in [0.5, 0.6) is 0 Å². The quantitative estimate of drug-likeness (QED) is 0.866. The smallest absolute Gasteiger partial charge is 0.227 e. The number of halogens is 1. The monoisotopic (exact) mass is 250 g/mol. The van der Waals surface area contributed by atoms with Crippen molar-refractivity contribution in [3.8, 4) is 6.07 Å². The number of hydrogen-bond acceptors (Lipinski definition) is 3. The zero-order chi connectivity index (χ0) is 12.4. The lowest BCUT2D eigenvalue weighted by Gasteiger charge is -2.17. The lowest BCUT2D eigenvalue weighted by atomic mass is 10.1. The first kappa shape index (κ1) is 11.9. The molecule has 1 aromatic carbocycles. The first-order chi connectivity index (χ1) is 8.13. The van der Waals surface area contributed by atoms with Gasteiger partial charge in [-0.05, 0) is 18.2 Å². The molecular formula is C12H11ClN2O2. The van der Waals surface area contributed by atoms with E-state index in [-0.39, 0.29) is 18.4 Å². The third-order valence-electron chi connectivity index (χ3n) is 2.79. The second-order valence-corrected chi connectivity index (χ2v) is 4.50. The van der Waals surface area contributed by atoms with Crippen molar-refractivity contribution in [1.29, 1.82) is 5.26 Å². The Kier molecular flexibility index (Phi) is 3.32. The average Bonchev–Trinajstić information content (AvgIpc) is 2.69. The molecule has 1 aromatic rings. The number of aliphatic hydroxyl groups is 1. The van der Waals surface area contributed by atoms with E-state index < -0.39 is 0 Å². The number of benzene rings is 1. The average molecular weight is 251 g/mol. The number of carbonyl (C=O) groups excluding carboxylic acids is 1. The number of anilines is 1. The number of carbonyl (C=O) groups is 1.